The van der Waals surface area contributed by atoms with Crippen LogP contribution in [0, 0.1) is 0 Å². The first-order valence-electron chi connectivity index (χ1n) is 14.4. The molecule has 0 saturated heterocycles. The van der Waals surface area contributed by atoms with Gasteiger partial charge in [-0.15, -0.1) is 0 Å². The molecule has 47 heavy (non-hydrogen) atoms. The molecule has 0 aromatic rings. The Hall–Kier alpha value is -2.42. The molecule has 0 aromatic carbocycles. The van der Waals surface area contributed by atoms with E-state index in [0.29, 0.717) is 64.2 Å². The predicted molar refractivity (Wildman–Crippen MR) is 148 cm³/mol. The smallest absolute Gasteiger partial charge is 0.550 e. The van der Waals surface area contributed by atoms with E-state index in [9.17, 15) is 73.5 Å². The van der Waals surface area contributed by atoms with Gasteiger partial charge in [0.05, 0.1) is 0 Å². The molecule has 0 aliphatic carbocycles. The van der Waals surface area contributed by atoms with Crippen LogP contribution in [-0.2, 0) is 74.1 Å². The summed E-state index contributed by atoms with van der Waals surface area (Å²) in [5, 5.41) is 48.8. The Morgan fingerprint density at radius 2 is 0.426 bits per heavy atom. The fraction of sp³-hybridized carbons (Fsp3) is 0.667. The number of hydrogen-bond donors (Lipinski definition) is 0. The van der Waals surface area contributed by atoms with Crippen molar-refractivity contribution in [3.05, 3.63) is 0 Å². The van der Waals surface area contributed by atoms with Gasteiger partial charge in [0.2, 0.25) is 0 Å². The fourth-order valence-corrected chi connectivity index (χ4v) is 2.64. The van der Waals surface area contributed by atoms with Crippen LogP contribution in [-0.4, -0.2) is 58.8 Å². The third-order valence-corrected chi connectivity index (χ3v) is 4.35. The molecule has 0 saturated carbocycles. The Kier molecular flexibility index (Phi) is 55.6. The second-order valence-corrected chi connectivity index (χ2v) is 9.19. The van der Waals surface area contributed by atoms with E-state index < -0.39 is 62.0 Å². The monoisotopic (exact) mass is 758 g/mol. The topological polar surface area (TPSA) is 286 Å². The summed E-state index contributed by atoms with van der Waals surface area (Å²) in [7, 11) is 0. The minimum Gasteiger partial charge on any atom is -0.550 e. The Morgan fingerprint density at radius 1 is 0.319 bits per heavy atom. The number of hydrogen-bond acceptors (Lipinski definition) is 15. The summed E-state index contributed by atoms with van der Waals surface area (Å²) < 4.78 is 0. The molecule has 260 valence electrons. The first-order valence-corrected chi connectivity index (χ1v) is 14.4. The molecule has 0 aliphatic rings. The fourth-order valence-electron chi connectivity index (χ4n) is 2.64. The van der Waals surface area contributed by atoms with Gasteiger partial charge in [0.15, 0.2) is 0 Å². The van der Waals surface area contributed by atoms with Crippen molar-refractivity contribution in [3.8, 4) is 0 Å². The maximum Gasteiger partial charge on any atom is 4.00 e. The van der Waals surface area contributed by atoms with Gasteiger partial charge in [-0.3, -0.25) is 24.0 Å². The summed E-state index contributed by atoms with van der Waals surface area (Å²) in [5.74, 6) is -7.68. The van der Waals surface area contributed by atoms with Crippen LogP contribution < -0.4 is 55.1 Å². The van der Waals surface area contributed by atoms with Crippen LogP contribution in [0.3, 0.4) is 0 Å². The average Bonchev–Trinajstić information content (AvgIpc) is 2.84. The predicted octanol–water partition coefficient (Wildman–Crippen LogP) is -5.52. The van der Waals surface area contributed by atoms with Crippen LogP contribution in [0.5, 0.6) is 0 Å². The van der Waals surface area contributed by atoms with Crippen molar-refractivity contribution in [1.82, 2.24) is 0 Å². The molecule has 0 fully saturated rings. The number of carbonyl (C=O) groups excluding carboxylic acids is 10. The zero-order valence-electron chi connectivity index (χ0n) is 28.2. The number of ketones is 5. The molecule has 17 heteroatoms. The first kappa shape index (κ1) is 60.0. The van der Waals surface area contributed by atoms with Crippen LogP contribution in [0.25, 0.3) is 0 Å². The van der Waals surface area contributed by atoms with Gasteiger partial charge in [-0.25, -0.2) is 0 Å². The minimum absolute atomic E-state index is 0. The van der Waals surface area contributed by atoms with Crippen LogP contribution in [0.1, 0.15) is 131 Å². The number of Topliss-reactive ketones (excluding diaryl/α,β-unsaturated/α-hetero) is 5. The Morgan fingerprint density at radius 3 is 0.489 bits per heavy atom. The van der Waals surface area contributed by atoms with Crippen LogP contribution in [0.2, 0.25) is 0 Å². The van der Waals surface area contributed by atoms with Crippen LogP contribution in [0.4, 0.5) is 0 Å². The molecule has 0 atom stereocenters. The number of carbonyl (C=O) groups is 10. The molecule has 0 unspecified atom stereocenters. The van der Waals surface area contributed by atoms with E-state index in [0.717, 1.165) is 0 Å². The largest absolute Gasteiger partial charge is 4.00 e. The molecule has 0 amide bonds. The van der Waals surface area contributed by atoms with E-state index in [4.69, 9.17) is 0 Å². The summed E-state index contributed by atoms with van der Waals surface area (Å²) in [6.45, 7) is 9.13. The summed E-state index contributed by atoms with van der Waals surface area (Å²) in [6.07, 6.45) is 3.03. The number of aliphatic carboxylic acids is 5. The maximum absolute atomic E-state index is 10.4. The number of carboxylic acid groups (broad SMARTS) is 5. The SMILES string of the molecule is CCCC(=O)CC(=O)[O-].CCCC(=O)CC(=O)[O-].CCCC(=O)CC(=O)[O-].CCCC(=O)CC(=O)[O-].CCCC(=O)CC(=O)[O-].[Na+].[Zr+4]. The van der Waals surface area contributed by atoms with E-state index in [1.165, 1.54) is 0 Å². The first-order chi connectivity index (χ1) is 20.8. The second-order valence-electron chi connectivity index (χ2n) is 9.19. The minimum atomic E-state index is -1.28. The Labute approximate surface area is 317 Å². The normalized spacial score (nSPS) is 8.62. The molecule has 0 rings (SSSR count). The average molecular weight is 760 g/mol. The zero-order chi connectivity index (χ0) is 36.4. The van der Waals surface area contributed by atoms with E-state index in [-0.39, 0.29) is 84.7 Å². The van der Waals surface area contributed by atoms with Gasteiger partial charge in [-0.2, -0.15) is 0 Å². The summed E-state index contributed by atoms with van der Waals surface area (Å²) >= 11 is 0. The van der Waals surface area contributed by atoms with Gasteiger partial charge in [-0.1, -0.05) is 34.6 Å². The van der Waals surface area contributed by atoms with Gasteiger partial charge in [0.1, 0.15) is 28.9 Å². The third-order valence-electron chi connectivity index (χ3n) is 4.35. The zero-order valence-corrected chi connectivity index (χ0v) is 32.7. The summed E-state index contributed by atoms with van der Waals surface area (Å²) in [5.41, 5.74) is 0. The number of rotatable bonds is 20. The van der Waals surface area contributed by atoms with Gasteiger partial charge in [-0.05, 0) is 32.1 Å². The van der Waals surface area contributed by atoms with E-state index in [1.807, 2.05) is 34.6 Å². The van der Waals surface area contributed by atoms with Crippen molar-refractivity contribution in [2.24, 2.45) is 0 Å². The van der Waals surface area contributed by atoms with Crippen molar-refractivity contribution in [2.75, 3.05) is 0 Å². The Bertz CT molecular complexity index is 775. The van der Waals surface area contributed by atoms with Gasteiger partial charge < -0.3 is 49.5 Å². The van der Waals surface area contributed by atoms with Crippen LogP contribution in [0.15, 0.2) is 0 Å². The molecule has 0 bridgehead atoms. The molecule has 0 aliphatic heterocycles. The van der Waals surface area contributed by atoms with Crippen molar-refractivity contribution in [1.29, 1.82) is 0 Å². The van der Waals surface area contributed by atoms with E-state index >= 15 is 0 Å². The van der Waals surface area contributed by atoms with Crippen molar-refractivity contribution < 1.29 is 129 Å². The van der Waals surface area contributed by atoms with Crippen molar-refractivity contribution >= 4 is 58.8 Å². The van der Waals surface area contributed by atoms with Gasteiger partial charge in [0, 0.05) is 94.1 Å². The molecule has 0 spiro atoms. The van der Waals surface area contributed by atoms with E-state index in [2.05, 4.69) is 0 Å². The number of carboxylic acids is 5. The Balaban J connectivity index is -0.0000000842. The third kappa shape index (κ3) is 71.0. The summed E-state index contributed by atoms with van der Waals surface area (Å²) in [4.78, 5) is 101. The molecular formula is C30H45NaO15Zr. The quantitative estimate of drug-likeness (QED) is 0.0826. The second kappa shape index (κ2) is 43.6. The standard InChI is InChI=1S/5C6H10O3.Na.Zr/c5*1-2-3-5(7)4-6(8)9;;/h5*2-4H2,1H3,(H,8,9);;/q;;;;;+1;+4/p-5. The van der Waals surface area contributed by atoms with Crippen molar-refractivity contribution in [2.45, 2.75) is 131 Å². The summed E-state index contributed by atoms with van der Waals surface area (Å²) in [6, 6.07) is 0. The molecule has 0 N–H and O–H groups in total. The molecular weight excluding hydrogens is 715 g/mol. The molecule has 15 nitrogen and oxygen atoms in total. The van der Waals surface area contributed by atoms with Gasteiger partial charge in [0.25, 0.3) is 0 Å². The van der Waals surface area contributed by atoms with Crippen LogP contribution >= 0.6 is 0 Å². The maximum atomic E-state index is 10.4. The molecule has 0 heterocycles. The molecule has 0 radical (unpaired) electrons. The molecule has 0 aromatic heterocycles. The van der Waals surface area contributed by atoms with Crippen molar-refractivity contribution in [3.63, 3.8) is 0 Å². The van der Waals surface area contributed by atoms with E-state index in [1.54, 1.807) is 0 Å². The van der Waals surface area contributed by atoms with Gasteiger partial charge >= 0.3 is 55.8 Å².